The largest absolute Gasteiger partial charge is 0.484 e. The maximum absolute atomic E-state index is 11.8. The van der Waals surface area contributed by atoms with E-state index in [1.165, 1.54) is 24.3 Å². The second-order valence-corrected chi connectivity index (χ2v) is 4.11. The van der Waals surface area contributed by atoms with Crippen LogP contribution in [0.3, 0.4) is 0 Å². The summed E-state index contributed by atoms with van der Waals surface area (Å²) in [5.41, 5.74) is 10.4. The van der Waals surface area contributed by atoms with Gasteiger partial charge in [0.1, 0.15) is 5.75 Å². The second-order valence-electron chi connectivity index (χ2n) is 4.11. The molecule has 0 aliphatic heterocycles. The van der Waals surface area contributed by atoms with Gasteiger partial charge < -0.3 is 21.1 Å². The summed E-state index contributed by atoms with van der Waals surface area (Å²) in [4.78, 5) is 34.4. The van der Waals surface area contributed by atoms with E-state index in [0.717, 1.165) is 4.90 Å². The molecule has 0 unspecified atom stereocenters. The van der Waals surface area contributed by atoms with Crippen LogP contribution in [-0.4, -0.2) is 42.3 Å². The molecule has 0 saturated carbocycles. The summed E-state index contributed by atoms with van der Waals surface area (Å²) in [6.45, 7) is -1.22. The zero-order chi connectivity index (χ0) is 15.8. The molecule has 0 spiro atoms. The molecule has 4 N–H and O–H groups in total. The Morgan fingerprint density at radius 2 is 1.62 bits per heavy atom. The van der Waals surface area contributed by atoms with Crippen molar-refractivity contribution in [1.29, 1.82) is 5.26 Å². The van der Waals surface area contributed by atoms with Crippen LogP contribution >= 0.6 is 0 Å². The van der Waals surface area contributed by atoms with Crippen LogP contribution in [0, 0.1) is 11.3 Å². The van der Waals surface area contributed by atoms with E-state index in [9.17, 15) is 14.4 Å². The second kappa shape index (κ2) is 7.49. The van der Waals surface area contributed by atoms with Crippen LogP contribution in [0.15, 0.2) is 24.3 Å². The van der Waals surface area contributed by atoms with Crippen molar-refractivity contribution in [2.24, 2.45) is 11.5 Å². The normalized spacial score (nSPS) is 9.48. The summed E-state index contributed by atoms with van der Waals surface area (Å²) < 4.78 is 5.21. The number of primary amides is 2. The average molecular weight is 290 g/mol. The molecule has 0 aliphatic rings. The van der Waals surface area contributed by atoms with Gasteiger partial charge in [0.25, 0.3) is 5.91 Å². The van der Waals surface area contributed by atoms with E-state index in [4.69, 9.17) is 21.5 Å². The van der Waals surface area contributed by atoms with Gasteiger partial charge in [-0.05, 0) is 24.3 Å². The van der Waals surface area contributed by atoms with Crippen LogP contribution in [0.1, 0.15) is 5.56 Å². The van der Waals surface area contributed by atoms with Gasteiger partial charge in [-0.1, -0.05) is 0 Å². The van der Waals surface area contributed by atoms with Crippen LogP contribution in [0.4, 0.5) is 0 Å². The fourth-order valence-electron chi connectivity index (χ4n) is 1.47. The van der Waals surface area contributed by atoms with Crippen LogP contribution in [0.5, 0.6) is 5.75 Å². The molecule has 0 aromatic heterocycles. The van der Waals surface area contributed by atoms with Crippen LogP contribution in [-0.2, 0) is 14.4 Å². The van der Waals surface area contributed by atoms with E-state index in [-0.39, 0.29) is 6.61 Å². The minimum atomic E-state index is -0.761. The quantitative estimate of drug-likeness (QED) is 0.644. The molecule has 8 nitrogen and oxygen atoms in total. The zero-order valence-corrected chi connectivity index (χ0v) is 11.1. The minimum absolute atomic E-state index is 0.375. The lowest BCUT2D eigenvalue weighted by Crippen LogP contribution is -2.45. The molecule has 0 bridgehead atoms. The van der Waals surface area contributed by atoms with Crippen molar-refractivity contribution >= 4 is 17.7 Å². The van der Waals surface area contributed by atoms with E-state index in [1.54, 1.807) is 0 Å². The molecule has 1 rings (SSSR count). The van der Waals surface area contributed by atoms with Gasteiger partial charge in [-0.15, -0.1) is 0 Å². The molecule has 0 saturated heterocycles. The molecule has 21 heavy (non-hydrogen) atoms. The predicted octanol–water partition coefficient (Wildman–Crippen LogP) is -1.26. The Hall–Kier alpha value is -3.08. The number of carbonyl (C=O) groups excluding carboxylic acids is 3. The first-order chi connectivity index (χ1) is 9.92. The zero-order valence-electron chi connectivity index (χ0n) is 11.1. The SMILES string of the molecule is N#Cc1ccc(OCC(=O)N(CC(N)=O)CC(N)=O)cc1. The molecule has 1 aromatic carbocycles. The summed E-state index contributed by atoms with van der Waals surface area (Å²) in [6, 6.07) is 8.06. The lowest BCUT2D eigenvalue weighted by Gasteiger charge is -2.19. The highest BCUT2D eigenvalue weighted by atomic mass is 16.5. The summed E-state index contributed by atoms with van der Waals surface area (Å²) in [5.74, 6) is -1.75. The highest BCUT2D eigenvalue weighted by Gasteiger charge is 2.18. The number of hydrogen-bond acceptors (Lipinski definition) is 5. The number of amides is 3. The monoisotopic (exact) mass is 290 g/mol. The van der Waals surface area contributed by atoms with Gasteiger partial charge in [0, 0.05) is 0 Å². The van der Waals surface area contributed by atoms with Crippen molar-refractivity contribution in [2.45, 2.75) is 0 Å². The van der Waals surface area contributed by atoms with Gasteiger partial charge in [-0.25, -0.2) is 0 Å². The third kappa shape index (κ3) is 5.61. The van der Waals surface area contributed by atoms with Crippen LogP contribution in [0.2, 0.25) is 0 Å². The predicted molar refractivity (Wildman–Crippen MR) is 71.6 cm³/mol. The summed E-state index contributed by atoms with van der Waals surface area (Å²) in [5, 5.41) is 8.65. The molecule has 0 atom stereocenters. The average Bonchev–Trinajstić information content (AvgIpc) is 2.43. The van der Waals surface area contributed by atoms with Gasteiger partial charge in [0.15, 0.2) is 6.61 Å². The lowest BCUT2D eigenvalue weighted by atomic mass is 10.2. The Morgan fingerprint density at radius 3 is 2.05 bits per heavy atom. The van der Waals surface area contributed by atoms with Crippen molar-refractivity contribution in [3.63, 3.8) is 0 Å². The Kier molecular flexibility index (Phi) is 5.70. The topological polar surface area (TPSA) is 140 Å². The maximum Gasteiger partial charge on any atom is 0.261 e. The van der Waals surface area contributed by atoms with E-state index in [0.29, 0.717) is 11.3 Å². The smallest absolute Gasteiger partial charge is 0.261 e. The number of nitrogens with two attached hydrogens (primary N) is 2. The van der Waals surface area contributed by atoms with E-state index >= 15 is 0 Å². The van der Waals surface area contributed by atoms with E-state index < -0.39 is 30.8 Å². The molecule has 0 aliphatic carbocycles. The molecule has 110 valence electrons. The van der Waals surface area contributed by atoms with Gasteiger partial charge in [0.2, 0.25) is 11.8 Å². The van der Waals surface area contributed by atoms with Crippen molar-refractivity contribution in [3.05, 3.63) is 29.8 Å². The van der Waals surface area contributed by atoms with Gasteiger partial charge in [0.05, 0.1) is 24.7 Å². The standard InChI is InChI=1S/C13H14N4O4/c14-5-9-1-3-10(4-2-9)21-8-13(20)17(6-11(15)18)7-12(16)19/h1-4H,6-8H2,(H2,15,18)(H2,16,19). The first-order valence-electron chi connectivity index (χ1n) is 5.89. The fourth-order valence-corrected chi connectivity index (χ4v) is 1.47. The molecule has 8 heteroatoms. The molecule has 0 fully saturated rings. The van der Waals surface area contributed by atoms with Gasteiger partial charge in [-0.3, -0.25) is 14.4 Å². The molecule has 3 amide bonds. The summed E-state index contributed by atoms with van der Waals surface area (Å²) in [7, 11) is 0. The number of carbonyl (C=O) groups is 3. The number of benzene rings is 1. The Morgan fingerprint density at radius 1 is 1.10 bits per heavy atom. The molecular weight excluding hydrogens is 276 g/mol. The Labute approximate surface area is 120 Å². The van der Waals surface area contributed by atoms with E-state index in [1.807, 2.05) is 6.07 Å². The Bertz CT molecular complexity index is 561. The van der Waals surface area contributed by atoms with Gasteiger partial charge in [-0.2, -0.15) is 5.26 Å². The third-order valence-corrected chi connectivity index (χ3v) is 2.39. The van der Waals surface area contributed by atoms with Crippen molar-refractivity contribution in [3.8, 4) is 11.8 Å². The molecule has 0 heterocycles. The summed E-state index contributed by atoms with van der Waals surface area (Å²) in [6.07, 6.45) is 0. The minimum Gasteiger partial charge on any atom is -0.484 e. The number of hydrogen-bond donors (Lipinski definition) is 2. The number of nitriles is 1. The first-order valence-corrected chi connectivity index (χ1v) is 5.89. The molecule has 1 aromatic rings. The molecule has 0 radical (unpaired) electrons. The van der Waals surface area contributed by atoms with Crippen LogP contribution < -0.4 is 16.2 Å². The lowest BCUT2D eigenvalue weighted by molar-refractivity contribution is -0.139. The maximum atomic E-state index is 11.8. The first kappa shape index (κ1) is 16.0. The number of nitrogens with zero attached hydrogens (tertiary/aromatic N) is 2. The highest BCUT2D eigenvalue weighted by molar-refractivity contribution is 5.88. The summed E-state index contributed by atoms with van der Waals surface area (Å²) >= 11 is 0. The third-order valence-electron chi connectivity index (χ3n) is 2.39. The van der Waals surface area contributed by atoms with Crippen LogP contribution in [0.25, 0.3) is 0 Å². The molecular formula is C13H14N4O4. The Balaban J connectivity index is 2.61. The number of ether oxygens (including phenoxy) is 1. The fraction of sp³-hybridized carbons (Fsp3) is 0.231. The number of rotatable bonds is 7. The van der Waals surface area contributed by atoms with E-state index in [2.05, 4.69) is 0 Å². The van der Waals surface area contributed by atoms with Crippen molar-refractivity contribution < 1.29 is 19.1 Å². The van der Waals surface area contributed by atoms with Crippen molar-refractivity contribution in [1.82, 2.24) is 4.90 Å². The van der Waals surface area contributed by atoms with Crippen molar-refractivity contribution in [2.75, 3.05) is 19.7 Å². The van der Waals surface area contributed by atoms with Gasteiger partial charge >= 0.3 is 0 Å². The highest BCUT2D eigenvalue weighted by Crippen LogP contribution is 2.11.